The van der Waals surface area contributed by atoms with Gasteiger partial charge in [0.2, 0.25) is 0 Å². The van der Waals surface area contributed by atoms with Crippen LogP contribution in [0.3, 0.4) is 0 Å². The first-order chi connectivity index (χ1) is 15.1. The maximum Gasteiger partial charge on any atom is 0.411 e. The molecule has 2 aromatic rings. The Labute approximate surface area is 182 Å². The molecule has 0 saturated carbocycles. The molecule has 0 unspecified atom stereocenters. The van der Waals surface area contributed by atoms with Crippen molar-refractivity contribution < 1.29 is 23.4 Å². The highest BCUT2D eigenvalue weighted by Crippen LogP contribution is 2.30. The van der Waals surface area contributed by atoms with Crippen molar-refractivity contribution in [1.29, 1.82) is 0 Å². The van der Waals surface area contributed by atoms with Crippen LogP contribution in [0.15, 0.2) is 42.5 Å². The summed E-state index contributed by atoms with van der Waals surface area (Å²) in [6, 6.07) is 12.0. The number of rotatable bonds is 9. The molecule has 1 amide bonds. The second kappa shape index (κ2) is 11.4. The van der Waals surface area contributed by atoms with Gasteiger partial charge < -0.3 is 19.1 Å². The molecule has 7 nitrogen and oxygen atoms in total. The lowest BCUT2D eigenvalue weighted by molar-refractivity contribution is 0.168. The lowest BCUT2D eigenvalue weighted by atomic mass is 10.2. The molecular weight excluding hydrogens is 401 g/mol. The van der Waals surface area contributed by atoms with Gasteiger partial charge in [0, 0.05) is 50.2 Å². The predicted octanol–water partition coefficient (Wildman–Crippen LogP) is 3.99. The quantitative estimate of drug-likeness (QED) is 0.606. The van der Waals surface area contributed by atoms with Gasteiger partial charge in [-0.05, 0) is 43.7 Å². The number of methoxy groups -OCH3 is 1. The molecule has 8 heteroatoms. The summed E-state index contributed by atoms with van der Waals surface area (Å²) in [4.78, 5) is 16.2. The number of carbonyl (C=O) groups excluding carboxylic acids is 1. The van der Waals surface area contributed by atoms with Gasteiger partial charge in [0.05, 0.1) is 20.3 Å². The first-order valence-electron chi connectivity index (χ1n) is 10.6. The second-order valence-corrected chi connectivity index (χ2v) is 7.22. The Hall–Kier alpha value is -3.00. The largest absolute Gasteiger partial charge is 0.493 e. The number of halogens is 1. The van der Waals surface area contributed by atoms with Crippen molar-refractivity contribution in [1.82, 2.24) is 4.90 Å². The zero-order valence-corrected chi connectivity index (χ0v) is 18.1. The van der Waals surface area contributed by atoms with Crippen LogP contribution in [0.25, 0.3) is 0 Å². The molecule has 1 aliphatic heterocycles. The summed E-state index contributed by atoms with van der Waals surface area (Å²) in [5, 5.41) is 2.65. The average molecular weight is 432 g/mol. The molecule has 0 aliphatic carbocycles. The molecule has 2 aromatic carbocycles. The molecule has 1 N–H and O–H groups in total. The van der Waals surface area contributed by atoms with Crippen LogP contribution in [0.1, 0.15) is 13.3 Å². The summed E-state index contributed by atoms with van der Waals surface area (Å²) < 4.78 is 29.6. The SMILES string of the molecule is CCOC(=O)Nc1ccc(OCCCN2CCN(c3cccc(F)c3)CC2)c(OC)c1. The Morgan fingerprint density at radius 2 is 1.90 bits per heavy atom. The molecule has 0 bridgehead atoms. The number of nitrogens with one attached hydrogen (secondary N) is 1. The second-order valence-electron chi connectivity index (χ2n) is 7.22. The van der Waals surface area contributed by atoms with E-state index in [1.165, 1.54) is 6.07 Å². The maximum atomic E-state index is 13.4. The molecule has 0 radical (unpaired) electrons. The number of carbonyl (C=O) groups is 1. The van der Waals surface area contributed by atoms with Crippen LogP contribution in [-0.4, -0.2) is 64.0 Å². The van der Waals surface area contributed by atoms with E-state index in [4.69, 9.17) is 14.2 Å². The van der Waals surface area contributed by atoms with Crippen molar-refractivity contribution in [2.24, 2.45) is 0 Å². The molecule has 3 rings (SSSR count). The van der Waals surface area contributed by atoms with E-state index < -0.39 is 6.09 Å². The number of ether oxygens (including phenoxy) is 3. The first kappa shape index (κ1) is 22.7. The van der Waals surface area contributed by atoms with Crippen LogP contribution in [-0.2, 0) is 4.74 Å². The van der Waals surface area contributed by atoms with Gasteiger partial charge in [-0.25, -0.2) is 9.18 Å². The Morgan fingerprint density at radius 3 is 2.61 bits per heavy atom. The average Bonchev–Trinajstić information content (AvgIpc) is 2.78. The minimum atomic E-state index is -0.504. The van der Waals surface area contributed by atoms with Crippen molar-refractivity contribution in [2.75, 3.05) is 63.3 Å². The number of benzene rings is 2. The van der Waals surface area contributed by atoms with Crippen LogP contribution in [0, 0.1) is 5.82 Å². The fraction of sp³-hybridized carbons (Fsp3) is 0.435. The van der Waals surface area contributed by atoms with Gasteiger partial charge in [-0.3, -0.25) is 10.2 Å². The fourth-order valence-electron chi connectivity index (χ4n) is 3.52. The van der Waals surface area contributed by atoms with E-state index in [1.807, 2.05) is 6.07 Å². The zero-order chi connectivity index (χ0) is 22.1. The molecule has 0 spiro atoms. The number of anilines is 2. The first-order valence-corrected chi connectivity index (χ1v) is 10.6. The van der Waals surface area contributed by atoms with Crippen molar-refractivity contribution >= 4 is 17.5 Å². The fourth-order valence-corrected chi connectivity index (χ4v) is 3.52. The van der Waals surface area contributed by atoms with Gasteiger partial charge in [0.1, 0.15) is 5.82 Å². The number of hydrogen-bond acceptors (Lipinski definition) is 6. The molecular formula is C23H30FN3O4. The Balaban J connectivity index is 1.40. The summed E-state index contributed by atoms with van der Waals surface area (Å²) in [5.74, 6) is 0.989. The third-order valence-corrected chi connectivity index (χ3v) is 5.11. The van der Waals surface area contributed by atoms with Crippen LogP contribution in [0.5, 0.6) is 11.5 Å². The van der Waals surface area contributed by atoms with Gasteiger partial charge in [0.25, 0.3) is 0 Å². The third kappa shape index (κ3) is 6.75. The van der Waals surface area contributed by atoms with E-state index >= 15 is 0 Å². The molecule has 168 valence electrons. The van der Waals surface area contributed by atoms with E-state index in [-0.39, 0.29) is 5.82 Å². The lowest BCUT2D eigenvalue weighted by Crippen LogP contribution is -2.46. The standard InChI is InChI=1S/C23H30FN3O4/c1-3-30-23(28)25-19-8-9-21(22(17-19)29-2)31-15-5-10-26-11-13-27(14-12-26)20-7-4-6-18(24)16-20/h4,6-9,16-17H,3,5,10-15H2,1-2H3,(H,25,28). The van der Waals surface area contributed by atoms with E-state index in [1.54, 1.807) is 44.4 Å². The lowest BCUT2D eigenvalue weighted by Gasteiger charge is -2.36. The van der Waals surface area contributed by atoms with Crippen molar-refractivity contribution in [3.8, 4) is 11.5 Å². The Morgan fingerprint density at radius 1 is 1.10 bits per heavy atom. The van der Waals surface area contributed by atoms with Crippen molar-refractivity contribution in [3.63, 3.8) is 0 Å². The molecule has 31 heavy (non-hydrogen) atoms. The predicted molar refractivity (Wildman–Crippen MR) is 119 cm³/mol. The minimum Gasteiger partial charge on any atom is -0.493 e. The van der Waals surface area contributed by atoms with Crippen LogP contribution in [0.2, 0.25) is 0 Å². The normalized spacial score (nSPS) is 14.2. The van der Waals surface area contributed by atoms with Crippen LogP contribution >= 0.6 is 0 Å². The number of piperazine rings is 1. The van der Waals surface area contributed by atoms with Crippen molar-refractivity contribution in [2.45, 2.75) is 13.3 Å². The Bertz CT molecular complexity index is 856. The number of nitrogens with zero attached hydrogens (tertiary/aromatic N) is 2. The smallest absolute Gasteiger partial charge is 0.411 e. The maximum absolute atomic E-state index is 13.4. The monoisotopic (exact) mass is 431 g/mol. The highest BCUT2D eigenvalue weighted by atomic mass is 19.1. The van der Waals surface area contributed by atoms with Gasteiger partial charge >= 0.3 is 6.09 Å². The van der Waals surface area contributed by atoms with Gasteiger partial charge in [-0.2, -0.15) is 0 Å². The molecule has 1 heterocycles. The van der Waals surface area contributed by atoms with Crippen molar-refractivity contribution in [3.05, 3.63) is 48.3 Å². The van der Waals surface area contributed by atoms with Crippen LogP contribution in [0.4, 0.5) is 20.6 Å². The minimum absolute atomic E-state index is 0.197. The van der Waals surface area contributed by atoms with E-state index in [2.05, 4.69) is 15.1 Å². The summed E-state index contributed by atoms with van der Waals surface area (Å²) >= 11 is 0. The molecule has 1 aliphatic rings. The molecule has 1 fully saturated rings. The summed E-state index contributed by atoms with van der Waals surface area (Å²) in [6.07, 6.45) is 0.377. The summed E-state index contributed by atoms with van der Waals surface area (Å²) in [6.45, 7) is 7.20. The molecule has 0 aromatic heterocycles. The topological polar surface area (TPSA) is 63.3 Å². The zero-order valence-electron chi connectivity index (χ0n) is 18.1. The third-order valence-electron chi connectivity index (χ3n) is 5.11. The molecule has 0 atom stereocenters. The van der Waals surface area contributed by atoms with Crippen LogP contribution < -0.4 is 19.7 Å². The van der Waals surface area contributed by atoms with Gasteiger partial charge in [0.15, 0.2) is 11.5 Å². The summed E-state index contributed by atoms with van der Waals surface area (Å²) in [5.41, 5.74) is 1.52. The highest BCUT2D eigenvalue weighted by Gasteiger charge is 2.17. The molecule has 1 saturated heterocycles. The van der Waals surface area contributed by atoms with E-state index in [0.717, 1.165) is 44.8 Å². The highest BCUT2D eigenvalue weighted by molar-refractivity contribution is 5.85. The van der Waals surface area contributed by atoms with E-state index in [9.17, 15) is 9.18 Å². The summed E-state index contributed by atoms with van der Waals surface area (Å²) in [7, 11) is 1.56. The van der Waals surface area contributed by atoms with Gasteiger partial charge in [-0.1, -0.05) is 6.07 Å². The van der Waals surface area contributed by atoms with Gasteiger partial charge in [-0.15, -0.1) is 0 Å². The number of amides is 1. The van der Waals surface area contributed by atoms with E-state index in [0.29, 0.717) is 30.4 Å². The Kier molecular flexibility index (Phi) is 8.35. The number of hydrogen-bond donors (Lipinski definition) is 1.